The van der Waals surface area contributed by atoms with Gasteiger partial charge in [0.1, 0.15) is 24.4 Å². The van der Waals surface area contributed by atoms with Gasteiger partial charge in [-0.25, -0.2) is 0 Å². The summed E-state index contributed by atoms with van der Waals surface area (Å²) in [6.07, 6.45) is 9.42. The Bertz CT molecular complexity index is 1670. The van der Waals surface area contributed by atoms with Gasteiger partial charge in [0.25, 0.3) is 0 Å². The SMILES string of the molecule is C/C=C/C(C)(C)CC(CC(C)(C)C)OC(=O)CC(C(=O)OC1CC(C)(C)C=C(CC)C(C)(C)C1)C(CC(=O)OC1CC(C)(C)N(C)C(C)(C)C1)C(=O)OC1CC(C)(C)C(C)C(C)(C)C1. The fourth-order valence-electron chi connectivity index (χ4n) is 11.9. The number of piperidine rings is 1. The van der Waals surface area contributed by atoms with E-state index in [1.807, 2.05) is 13.0 Å². The summed E-state index contributed by atoms with van der Waals surface area (Å²) in [5.74, 6) is -4.92. The second kappa shape index (κ2) is 20.3. The normalized spacial score (nSPS) is 27.0. The predicted molar refractivity (Wildman–Crippen MR) is 259 cm³/mol. The highest BCUT2D eigenvalue weighted by Gasteiger charge is 2.50. The van der Waals surface area contributed by atoms with Gasteiger partial charge in [0, 0.05) is 23.9 Å². The fourth-order valence-corrected chi connectivity index (χ4v) is 11.9. The molecule has 0 amide bonds. The fraction of sp³-hybridized carbons (Fsp3) is 0.855. The van der Waals surface area contributed by atoms with Crippen molar-refractivity contribution in [3.8, 4) is 0 Å². The molecule has 0 spiro atoms. The van der Waals surface area contributed by atoms with E-state index in [1.54, 1.807) is 0 Å². The van der Waals surface area contributed by atoms with Crippen molar-refractivity contribution in [3.63, 3.8) is 0 Å². The third-order valence-corrected chi connectivity index (χ3v) is 15.7. The Labute approximate surface area is 391 Å². The van der Waals surface area contributed by atoms with Gasteiger partial charge >= 0.3 is 23.9 Å². The zero-order chi connectivity index (χ0) is 49.2. The van der Waals surface area contributed by atoms with Crippen molar-refractivity contribution in [1.29, 1.82) is 0 Å². The molecule has 1 saturated carbocycles. The molecule has 9 nitrogen and oxygen atoms in total. The number of esters is 4. The van der Waals surface area contributed by atoms with E-state index in [0.717, 1.165) is 6.42 Å². The summed E-state index contributed by atoms with van der Waals surface area (Å²) in [5, 5.41) is 0. The average Bonchev–Trinajstić information content (AvgIpc) is 3.16. The van der Waals surface area contributed by atoms with Crippen LogP contribution in [-0.2, 0) is 38.1 Å². The first-order valence-corrected chi connectivity index (χ1v) is 24.7. The molecule has 2 fully saturated rings. The summed E-state index contributed by atoms with van der Waals surface area (Å²) in [6.45, 7) is 43.0. The molecule has 1 heterocycles. The zero-order valence-corrected chi connectivity index (χ0v) is 44.8. The largest absolute Gasteiger partial charge is 0.462 e. The standard InChI is InChI=1S/C55H95NO8/c1-22-24-49(7,8)29-38(28-48(4,5)6)61-44(57)25-42(46(59)63-39-30-50(9,10)27-37(23-2)53(15,16)33-39)43(47(60)64-40-31-51(11,12)36(3)52(13,14)32-40)26-45(58)62-41-34-54(17,18)56(21)55(19,20)35-41/h22,24,27,36,38-43H,23,25-26,28-35H2,1-21H3/b24-22+. The molecule has 0 bridgehead atoms. The molecule has 0 aromatic rings. The first-order chi connectivity index (χ1) is 28.8. The maximum atomic E-state index is 15.1. The molecule has 0 aromatic heterocycles. The van der Waals surface area contributed by atoms with Crippen LogP contribution in [0.2, 0.25) is 0 Å². The van der Waals surface area contributed by atoms with Crippen molar-refractivity contribution in [1.82, 2.24) is 4.90 Å². The molecule has 1 saturated heterocycles. The van der Waals surface area contributed by atoms with Crippen molar-refractivity contribution in [2.24, 2.45) is 50.2 Å². The van der Waals surface area contributed by atoms with E-state index in [0.29, 0.717) is 57.3 Å². The lowest BCUT2D eigenvalue weighted by Crippen LogP contribution is -2.60. The number of allylic oxidation sites excluding steroid dienone is 4. The summed E-state index contributed by atoms with van der Waals surface area (Å²) < 4.78 is 25.7. The number of hydrogen-bond acceptors (Lipinski definition) is 9. The van der Waals surface area contributed by atoms with Crippen molar-refractivity contribution < 1.29 is 38.1 Å². The first-order valence-electron chi connectivity index (χ1n) is 24.7. The van der Waals surface area contributed by atoms with Crippen molar-refractivity contribution in [3.05, 3.63) is 23.8 Å². The van der Waals surface area contributed by atoms with Crippen molar-refractivity contribution >= 4 is 23.9 Å². The molecule has 64 heavy (non-hydrogen) atoms. The van der Waals surface area contributed by atoms with Gasteiger partial charge in [-0.2, -0.15) is 0 Å². The minimum absolute atomic E-state index is 0.135. The zero-order valence-electron chi connectivity index (χ0n) is 44.8. The molecular formula is C55H95NO8. The quantitative estimate of drug-likeness (QED) is 0.0850. The van der Waals surface area contributed by atoms with Crippen LogP contribution in [0.15, 0.2) is 23.8 Å². The summed E-state index contributed by atoms with van der Waals surface area (Å²) >= 11 is 0. The number of carbonyl (C=O) groups excluding carboxylic acids is 4. The Hall–Kier alpha value is -2.68. The molecule has 0 N–H and O–H groups in total. The van der Waals surface area contributed by atoms with Crippen LogP contribution in [0.1, 0.15) is 209 Å². The van der Waals surface area contributed by atoms with Crippen LogP contribution in [-0.4, -0.2) is 71.3 Å². The van der Waals surface area contributed by atoms with E-state index in [9.17, 15) is 9.59 Å². The van der Waals surface area contributed by atoms with Gasteiger partial charge in [0.15, 0.2) is 0 Å². The lowest BCUT2D eigenvalue weighted by molar-refractivity contribution is -0.180. The van der Waals surface area contributed by atoms with Crippen molar-refractivity contribution in [2.45, 2.75) is 245 Å². The second-order valence-electron chi connectivity index (χ2n) is 26.4. The van der Waals surface area contributed by atoms with Crippen LogP contribution in [0.3, 0.4) is 0 Å². The molecule has 4 unspecified atom stereocenters. The highest BCUT2D eigenvalue weighted by molar-refractivity contribution is 5.88. The summed E-state index contributed by atoms with van der Waals surface area (Å²) in [7, 11) is 2.09. The second-order valence-corrected chi connectivity index (χ2v) is 26.4. The monoisotopic (exact) mass is 898 g/mol. The Morgan fingerprint density at radius 2 is 1.14 bits per heavy atom. The van der Waals surface area contributed by atoms with Gasteiger partial charge in [0.05, 0.1) is 24.7 Å². The predicted octanol–water partition coefficient (Wildman–Crippen LogP) is 13.0. The molecule has 0 aromatic carbocycles. The van der Waals surface area contributed by atoms with Crippen LogP contribution < -0.4 is 0 Å². The summed E-state index contributed by atoms with van der Waals surface area (Å²) in [4.78, 5) is 61.3. The van der Waals surface area contributed by atoms with E-state index < -0.39 is 73.0 Å². The van der Waals surface area contributed by atoms with Gasteiger partial charge in [-0.05, 0) is 125 Å². The minimum Gasteiger partial charge on any atom is -0.462 e. The third kappa shape index (κ3) is 15.4. The topological polar surface area (TPSA) is 108 Å². The number of nitrogens with zero attached hydrogens (tertiary/aromatic N) is 1. The van der Waals surface area contributed by atoms with Gasteiger partial charge in [-0.15, -0.1) is 0 Å². The minimum atomic E-state index is -1.35. The first kappa shape index (κ1) is 55.6. The van der Waals surface area contributed by atoms with E-state index in [2.05, 4.69) is 156 Å². The van der Waals surface area contributed by atoms with Gasteiger partial charge in [-0.3, -0.25) is 24.1 Å². The van der Waals surface area contributed by atoms with Crippen LogP contribution in [0, 0.1) is 50.2 Å². The Balaban J connectivity index is 2.14. The number of rotatable bonds is 16. The molecular weight excluding hydrogens is 803 g/mol. The van der Waals surface area contributed by atoms with E-state index >= 15 is 9.59 Å². The Morgan fingerprint density at radius 1 is 0.688 bits per heavy atom. The number of hydrogen-bond donors (Lipinski definition) is 0. The maximum Gasteiger partial charge on any atom is 0.310 e. The van der Waals surface area contributed by atoms with E-state index in [1.165, 1.54) is 5.57 Å². The summed E-state index contributed by atoms with van der Waals surface area (Å²) in [5.41, 5.74) is -0.418. The van der Waals surface area contributed by atoms with E-state index in [4.69, 9.17) is 18.9 Å². The molecule has 2 aliphatic carbocycles. The van der Waals surface area contributed by atoms with Crippen LogP contribution in [0.5, 0.6) is 0 Å². The number of carbonyl (C=O) groups is 4. The molecule has 4 atom stereocenters. The molecule has 1 aliphatic heterocycles. The summed E-state index contributed by atoms with van der Waals surface area (Å²) in [6, 6.07) is 0. The lowest BCUT2D eigenvalue weighted by Gasteiger charge is -2.53. The molecule has 368 valence electrons. The highest BCUT2D eigenvalue weighted by atomic mass is 16.6. The Kier molecular flexibility index (Phi) is 17.6. The van der Waals surface area contributed by atoms with Crippen LogP contribution in [0.4, 0.5) is 0 Å². The Morgan fingerprint density at radius 3 is 1.59 bits per heavy atom. The van der Waals surface area contributed by atoms with Crippen molar-refractivity contribution in [2.75, 3.05) is 7.05 Å². The van der Waals surface area contributed by atoms with Gasteiger partial charge in [-0.1, -0.05) is 128 Å². The average molecular weight is 898 g/mol. The number of likely N-dealkylation sites (tertiary alicyclic amines) is 1. The third-order valence-electron chi connectivity index (χ3n) is 15.7. The van der Waals surface area contributed by atoms with Crippen LogP contribution in [0.25, 0.3) is 0 Å². The van der Waals surface area contributed by atoms with Crippen LogP contribution >= 0.6 is 0 Å². The molecule has 9 heteroatoms. The van der Waals surface area contributed by atoms with Gasteiger partial charge in [0.2, 0.25) is 0 Å². The smallest absolute Gasteiger partial charge is 0.310 e. The lowest BCUT2D eigenvalue weighted by atomic mass is 9.57. The maximum absolute atomic E-state index is 15.1. The van der Waals surface area contributed by atoms with Gasteiger partial charge < -0.3 is 18.9 Å². The highest BCUT2D eigenvalue weighted by Crippen LogP contribution is 2.52. The van der Waals surface area contributed by atoms with E-state index in [-0.39, 0.29) is 43.6 Å². The molecule has 3 aliphatic rings. The number of ether oxygens (including phenoxy) is 4. The molecule has 3 rings (SSSR count). The molecule has 0 radical (unpaired) electrons.